The van der Waals surface area contributed by atoms with Crippen molar-refractivity contribution >= 4 is 66.6 Å². The minimum absolute atomic E-state index is 0.0578. The van der Waals surface area contributed by atoms with Gasteiger partial charge in [-0.3, -0.25) is 0 Å². The number of carbonyl (C=O) groups is 1. The van der Waals surface area contributed by atoms with Gasteiger partial charge in [-0.1, -0.05) is 23.2 Å². The van der Waals surface area contributed by atoms with Crippen LogP contribution in [-0.4, -0.2) is 43.6 Å². The maximum atomic E-state index is 12.3. The molecule has 112 valence electrons. The Morgan fingerprint density at radius 3 is 2.55 bits per heavy atom. The van der Waals surface area contributed by atoms with Gasteiger partial charge < -0.3 is 10.0 Å². The van der Waals surface area contributed by atoms with Crippen LogP contribution in [-0.2, 0) is 10.0 Å². The summed E-state index contributed by atoms with van der Waals surface area (Å²) in [5.74, 6) is 0. The molecule has 0 saturated carbocycles. The molecular weight excluding hydrogens is 415 g/mol. The van der Waals surface area contributed by atoms with E-state index in [-0.39, 0.29) is 24.6 Å². The number of carboxylic acid groups (broad SMARTS) is 1. The molecule has 1 aliphatic heterocycles. The van der Waals surface area contributed by atoms with Crippen LogP contribution in [0.1, 0.15) is 6.42 Å². The molecule has 1 fully saturated rings. The van der Waals surface area contributed by atoms with Crippen molar-refractivity contribution in [2.24, 2.45) is 0 Å². The third-order valence-electron chi connectivity index (χ3n) is 2.78. The predicted molar refractivity (Wildman–Crippen MR) is 80.4 cm³/mol. The fourth-order valence-corrected chi connectivity index (χ4v) is 6.70. The summed E-state index contributed by atoms with van der Waals surface area (Å²) >= 11 is 15.7. The maximum Gasteiger partial charge on any atom is 0.407 e. The number of nitrogens with one attached hydrogen (secondary N) is 1. The normalized spacial score (nSPS) is 19.6. The van der Waals surface area contributed by atoms with Crippen molar-refractivity contribution in [2.75, 3.05) is 13.1 Å². The van der Waals surface area contributed by atoms with Gasteiger partial charge in [0, 0.05) is 19.1 Å². The van der Waals surface area contributed by atoms with Crippen LogP contribution in [0.3, 0.4) is 0 Å². The topological polar surface area (TPSA) is 86.7 Å². The number of sulfonamides is 1. The Labute approximate surface area is 137 Å². The van der Waals surface area contributed by atoms with Crippen molar-refractivity contribution in [3.05, 3.63) is 13.1 Å². The van der Waals surface area contributed by atoms with E-state index in [1.165, 1.54) is 0 Å². The Balaban J connectivity index is 2.19. The largest absolute Gasteiger partial charge is 0.465 e. The molecule has 1 saturated heterocycles. The molecule has 1 amide bonds. The molecule has 0 spiro atoms. The molecule has 1 aromatic rings. The summed E-state index contributed by atoms with van der Waals surface area (Å²) in [6.07, 6.45) is -0.650. The van der Waals surface area contributed by atoms with Gasteiger partial charge in [-0.25, -0.2) is 17.9 Å². The minimum Gasteiger partial charge on any atom is -0.465 e. The number of likely N-dealkylation sites (tertiary alicyclic amines) is 1. The summed E-state index contributed by atoms with van der Waals surface area (Å²) in [5.41, 5.74) is 0. The van der Waals surface area contributed by atoms with E-state index < -0.39 is 22.2 Å². The first-order valence-electron chi connectivity index (χ1n) is 5.36. The van der Waals surface area contributed by atoms with E-state index in [1.54, 1.807) is 0 Å². The molecule has 0 unspecified atom stereocenters. The first-order chi connectivity index (χ1) is 9.22. The molecule has 1 aromatic heterocycles. The van der Waals surface area contributed by atoms with Gasteiger partial charge in [-0.15, -0.1) is 11.3 Å². The lowest BCUT2D eigenvalue weighted by molar-refractivity contribution is 0.155. The summed E-state index contributed by atoms with van der Waals surface area (Å²) < 4.78 is 27.5. The van der Waals surface area contributed by atoms with Crippen molar-refractivity contribution in [1.29, 1.82) is 0 Å². The first-order valence-corrected chi connectivity index (χ1v) is 9.20. The van der Waals surface area contributed by atoms with Gasteiger partial charge in [-0.2, -0.15) is 0 Å². The van der Waals surface area contributed by atoms with Gasteiger partial charge in [0.15, 0.2) is 0 Å². The molecule has 1 atom stereocenters. The molecule has 2 N–H and O–H groups in total. The van der Waals surface area contributed by atoms with E-state index in [4.69, 9.17) is 28.3 Å². The SMILES string of the molecule is O=C(O)N1CC[C@@H](NS(=O)(=O)c2c(Cl)sc(Cl)c2Br)C1. The number of amides is 1. The number of thiophene rings is 1. The predicted octanol–water partition coefficient (Wildman–Crippen LogP) is 2.85. The molecule has 0 aromatic carbocycles. The quantitative estimate of drug-likeness (QED) is 0.782. The van der Waals surface area contributed by atoms with Crippen molar-refractivity contribution in [2.45, 2.75) is 17.4 Å². The zero-order chi connectivity index (χ0) is 15.1. The molecule has 2 rings (SSSR count). The second-order valence-electron chi connectivity index (χ2n) is 4.13. The molecule has 0 bridgehead atoms. The van der Waals surface area contributed by atoms with Gasteiger partial charge in [-0.05, 0) is 22.4 Å². The zero-order valence-electron chi connectivity index (χ0n) is 9.77. The summed E-state index contributed by atoms with van der Waals surface area (Å²) in [6, 6.07) is -0.474. The van der Waals surface area contributed by atoms with Gasteiger partial charge >= 0.3 is 6.09 Å². The number of rotatable bonds is 3. The van der Waals surface area contributed by atoms with Crippen molar-refractivity contribution in [1.82, 2.24) is 9.62 Å². The molecule has 1 aliphatic rings. The van der Waals surface area contributed by atoms with E-state index in [2.05, 4.69) is 20.7 Å². The smallest absolute Gasteiger partial charge is 0.407 e. The molecule has 0 aliphatic carbocycles. The minimum atomic E-state index is -3.86. The highest BCUT2D eigenvalue weighted by Crippen LogP contribution is 2.42. The van der Waals surface area contributed by atoms with Gasteiger partial charge in [0.05, 0.1) is 4.47 Å². The summed E-state index contributed by atoms with van der Waals surface area (Å²) in [6.45, 7) is 0.406. The van der Waals surface area contributed by atoms with Gasteiger partial charge in [0.1, 0.15) is 13.6 Å². The molecule has 11 heteroatoms. The lowest BCUT2D eigenvalue weighted by Gasteiger charge is -2.14. The van der Waals surface area contributed by atoms with Crippen LogP contribution < -0.4 is 4.72 Å². The van der Waals surface area contributed by atoms with Crippen LogP contribution in [0.5, 0.6) is 0 Å². The Morgan fingerprint density at radius 2 is 2.10 bits per heavy atom. The summed E-state index contributed by atoms with van der Waals surface area (Å²) in [4.78, 5) is 11.8. The first kappa shape index (κ1) is 16.3. The third kappa shape index (κ3) is 3.23. The number of hydrogen-bond donors (Lipinski definition) is 2. The Hall–Kier alpha value is -0.0600. The van der Waals surface area contributed by atoms with Crippen molar-refractivity contribution in [3.63, 3.8) is 0 Å². The second kappa shape index (κ2) is 5.98. The number of hydrogen-bond acceptors (Lipinski definition) is 4. The van der Waals surface area contributed by atoms with Crippen LogP contribution in [0.15, 0.2) is 9.37 Å². The van der Waals surface area contributed by atoms with E-state index in [1.807, 2.05) is 0 Å². The van der Waals surface area contributed by atoms with Crippen LogP contribution in [0.2, 0.25) is 8.67 Å². The summed E-state index contributed by atoms with van der Waals surface area (Å²) in [7, 11) is -3.86. The highest BCUT2D eigenvalue weighted by atomic mass is 79.9. The highest BCUT2D eigenvalue weighted by Gasteiger charge is 2.32. The Kier molecular flexibility index (Phi) is 4.87. The second-order valence-corrected chi connectivity index (χ2v) is 8.80. The van der Waals surface area contributed by atoms with E-state index >= 15 is 0 Å². The number of halogens is 3. The fraction of sp³-hybridized carbons (Fsp3) is 0.444. The van der Waals surface area contributed by atoms with Crippen LogP contribution in [0.4, 0.5) is 4.79 Å². The fourth-order valence-electron chi connectivity index (χ4n) is 1.88. The molecule has 0 radical (unpaired) electrons. The van der Waals surface area contributed by atoms with Gasteiger partial charge in [0.25, 0.3) is 0 Å². The molecular formula is C9H9BrCl2N2O4S2. The number of nitrogens with zero attached hydrogens (tertiary/aromatic N) is 1. The molecule has 2 heterocycles. The average molecular weight is 424 g/mol. The Bertz CT molecular complexity index is 649. The lowest BCUT2D eigenvalue weighted by Crippen LogP contribution is -2.38. The third-order valence-corrected chi connectivity index (χ3v) is 7.76. The monoisotopic (exact) mass is 422 g/mol. The summed E-state index contributed by atoms with van der Waals surface area (Å²) in [5, 5.41) is 8.84. The maximum absolute atomic E-state index is 12.3. The van der Waals surface area contributed by atoms with E-state index in [0.717, 1.165) is 16.2 Å². The molecule has 20 heavy (non-hydrogen) atoms. The lowest BCUT2D eigenvalue weighted by atomic mass is 10.3. The highest BCUT2D eigenvalue weighted by molar-refractivity contribution is 9.10. The van der Waals surface area contributed by atoms with Gasteiger partial charge in [0.2, 0.25) is 10.0 Å². The average Bonchev–Trinajstić information content (AvgIpc) is 2.84. The van der Waals surface area contributed by atoms with E-state index in [9.17, 15) is 13.2 Å². The Morgan fingerprint density at radius 1 is 1.45 bits per heavy atom. The van der Waals surface area contributed by atoms with Crippen molar-refractivity contribution in [3.8, 4) is 0 Å². The molecule has 6 nitrogen and oxygen atoms in total. The van der Waals surface area contributed by atoms with Crippen LogP contribution in [0, 0.1) is 0 Å². The zero-order valence-corrected chi connectivity index (χ0v) is 14.5. The van der Waals surface area contributed by atoms with E-state index in [0.29, 0.717) is 13.0 Å². The van der Waals surface area contributed by atoms with Crippen LogP contribution in [0.25, 0.3) is 0 Å². The van der Waals surface area contributed by atoms with Crippen molar-refractivity contribution < 1.29 is 18.3 Å². The van der Waals surface area contributed by atoms with Crippen LogP contribution >= 0.6 is 50.5 Å². The standard InChI is InChI=1S/C9H9BrCl2N2O4S2/c10-5-6(8(12)19-7(5)11)20(17,18)13-4-1-2-14(3-4)9(15)16/h4,13H,1-3H2,(H,15,16)/t4-/m1/s1.